The highest BCUT2D eigenvalue weighted by Crippen LogP contribution is 2.44. The molecule has 8 nitrogen and oxygen atoms in total. The monoisotopic (exact) mass is 459 g/mol. The first-order valence-electron chi connectivity index (χ1n) is 11.3. The number of aryl methyl sites for hydroxylation is 2. The molecule has 8 heteroatoms. The number of ether oxygens (including phenoxy) is 1. The van der Waals surface area contributed by atoms with E-state index in [1.54, 1.807) is 24.3 Å². The van der Waals surface area contributed by atoms with Gasteiger partial charge in [0.15, 0.2) is 5.75 Å². The van der Waals surface area contributed by atoms with Crippen LogP contribution in [0.3, 0.4) is 0 Å². The van der Waals surface area contributed by atoms with E-state index in [9.17, 15) is 19.8 Å². The molecule has 174 valence electrons. The number of aromatic nitrogens is 2. The second kappa shape index (κ2) is 8.07. The van der Waals surface area contributed by atoms with Gasteiger partial charge in [0.05, 0.1) is 22.2 Å². The van der Waals surface area contributed by atoms with Crippen molar-refractivity contribution in [3.63, 3.8) is 0 Å². The van der Waals surface area contributed by atoms with E-state index in [2.05, 4.69) is 9.13 Å². The molecule has 3 aromatic carbocycles. The third-order valence-corrected chi connectivity index (χ3v) is 6.41. The number of carboxylic acids is 2. The molecule has 5 aromatic rings. The molecular formula is C26H25N3O5. The SMILES string of the molecule is CCn1c2ccc(C(=O)O)cc2c2cc3c4cc(C(=O)O)ccc4n(CC)c3c(OCCN)c21. The Morgan fingerprint density at radius 3 is 1.65 bits per heavy atom. The Labute approximate surface area is 194 Å². The zero-order valence-electron chi connectivity index (χ0n) is 19.0. The van der Waals surface area contributed by atoms with Crippen molar-refractivity contribution in [3.8, 4) is 5.75 Å². The molecule has 0 amide bonds. The number of hydrogen-bond acceptors (Lipinski definition) is 4. The molecule has 0 bridgehead atoms. The van der Waals surface area contributed by atoms with Crippen LogP contribution in [0.25, 0.3) is 43.6 Å². The van der Waals surface area contributed by atoms with E-state index >= 15 is 0 Å². The Balaban J connectivity index is 2.04. The highest BCUT2D eigenvalue weighted by Gasteiger charge is 2.23. The topological polar surface area (TPSA) is 120 Å². The number of rotatable bonds is 7. The number of nitrogens with zero attached hydrogens (tertiary/aromatic N) is 2. The Morgan fingerprint density at radius 1 is 0.794 bits per heavy atom. The Hall–Kier alpha value is -4.04. The summed E-state index contributed by atoms with van der Waals surface area (Å²) in [6, 6.07) is 12.3. The van der Waals surface area contributed by atoms with E-state index in [1.807, 2.05) is 32.0 Å². The van der Waals surface area contributed by atoms with Crippen LogP contribution in [0.4, 0.5) is 0 Å². The van der Waals surface area contributed by atoms with E-state index in [0.717, 1.165) is 43.6 Å². The largest absolute Gasteiger partial charge is 0.488 e. The van der Waals surface area contributed by atoms with Crippen molar-refractivity contribution < 1.29 is 24.5 Å². The van der Waals surface area contributed by atoms with Crippen LogP contribution in [0.2, 0.25) is 0 Å². The van der Waals surface area contributed by atoms with Crippen LogP contribution in [0.5, 0.6) is 5.75 Å². The Kier molecular flexibility index (Phi) is 5.17. The lowest BCUT2D eigenvalue weighted by Gasteiger charge is -2.14. The van der Waals surface area contributed by atoms with E-state index in [0.29, 0.717) is 32.0 Å². The highest BCUT2D eigenvalue weighted by atomic mass is 16.5. The van der Waals surface area contributed by atoms with Crippen LogP contribution in [-0.4, -0.2) is 44.4 Å². The van der Waals surface area contributed by atoms with Gasteiger partial charge >= 0.3 is 11.9 Å². The summed E-state index contributed by atoms with van der Waals surface area (Å²) in [5.74, 6) is -1.31. The number of carbonyl (C=O) groups is 2. The number of benzene rings is 3. The summed E-state index contributed by atoms with van der Waals surface area (Å²) >= 11 is 0. The number of hydrogen-bond donors (Lipinski definition) is 3. The third kappa shape index (κ3) is 3.03. The van der Waals surface area contributed by atoms with Crippen molar-refractivity contribution in [1.29, 1.82) is 0 Å². The fourth-order valence-corrected chi connectivity index (χ4v) is 5.02. The molecule has 4 N–H and O–H groups in total. The van der Waals surface area contributed by atoms with Gasteiger partial charge in [0.1, 0.15) is 6.61 Å². The average molecular weight is 460 g/mol. The van der Waals surface area contributed by atoms with Crippen molar-refractivity contribution in [2.45, 2.75) is 26.9 Å². The molecule has 34 heavy (non-hydrogen) atoms. The predicted octanol–water partition coefficient (Wildman–Crippen LogP) is 4.68. The summed E-state index contributed by atoms with van der Waals surface area (Å²) in [7, 11) is 0. The summed E-state index contributed by atoms with van der Waals surface area (Å²) < 4.78 is 10.5. The molecule has 0 unspecified atom stereocenters. The van der Waals surface area contributed by atoms with Gasteiger partial charge < -0.3 is 29.8 Å². The van der Waals surface area contributed by atoms with Crippen molar-refractivity contribution >= 4 is 55.6 Å². The second-order valence-corrected chi connectivity index (χ2v) is 8.20. The van der Waals surface area contributed by atoms with Crippen LogP contribution in [0.1, 0.15) is 34.6 Å². The Morgan fingerprint density at radius 2 is 1.26 bits per heavy atom. The molecule has 0 saturated heterocycles. The lowest BCUT2D eigenvalue weighted by Crippen LogP contribution is -2.12. The maximum absolute atomic E-state index is 11.7. The first-order valence-corrected chi connectivity index (χ1v) is 11.3. The second-order valence-electron chi connectivity index (χ2n) is 8.20. The van der Waals surface area contributed by atoms with Crippen LogP contribution >= 0.6 is 0 Å². The molecule has 5 rings (SSSR count). The number of carboxylic acid groups (broad SMARTS) is 2. The molecule has 0 saturated carbocycles. The van der Waals surface area contributed by atoms with Crippen LogP contribution in [0.15, 0.2) is 42.5 Å². The summed E-state index contributed by atoms with van der Waals surface area (Å²) in [4.78, 5) is 23.4. The van der Waals surface area contributed by atoms with Crippen LogP contribution < -0.4 is 10.5 Å². The quantitative estimate of drug-likeness (QED) is 0.325. The highest BCUT2D eigenvalue weighted by molar-refractivity contribution is 6.22. The lowest BCUT2D eigenvalue weighted by molar-refractivity contribution is 0.0686. The first-order chi connectivity index (χ1) is 16.4. The smallest absolute Gasteiger partial charge is 0.335 e. The van der Waals surface area contributed by atoms with Crippen molar-refractivity contribution in [3.05, 3.63) is 53.6 Å². The van der Waals surface area contributed by atoms with Gasteiger partial charge in [0, 0.05) is 52.2 Å². The van der Waals surface area contributed by atoms with E-state index in [-0.39, 0.29) is 11.1 Å². The molecule has 0 aliphatic heterocycles. The fourth-order valence-electron chi connectivity index (χ4n) is 5.02. The van der Waals surface area contributed by atoms with Gasteiger partial charge in [0.2, 0.25) is 0 Å². The fraction of sp³-hybridized carbons (Fsp3) is 0.231. The maximum Gasteiger partial charge on any atom is 0.335 e. The molecule has 0 radical (unpaired) electrons. The number of nitrogens with two attached hydrogens (primary N) is 1. The molecule has 0 aliphatic carbocycles. The Bertz CT molecular complexity index is 1510. The van der Waals surface area contributed by atoms with E-state index in [1.165, 1.54) is 0 Å². The summed E-state index contributed by atoms with van der Waals surface area (Å²) in [6.45, 7) is 6.04. The van der Waals surface area contributed by atoms with Gasteiger partial charge in [-0.15, -0.1) is 0 Å². The number of fused-ring (bicyclic) bond motifs is 6. The van der Waals surface area contributed by atoms with Crippen LogP contribution in [-0.2, 0) is 13.1 Å². The molecule has 2 heterocycles. The normalized spacial score (nSPS) is 11.7. The lowest BCUT2D eigenvalue weighted by atomic mass is 10.0. The van der Waals surface area contributed by atoms with Crippen LogP contribution in [0, 0.1) is 0 Å². The standard InChI is InChI=1S/C26H25N3O5/c1-3-28-20-7-5-14(25(30)31)11-16(20)18-13-19-17-12-15(26(32)33)6-8-21(17)29(4-2)23(19)24(22(18)28)34-10-9-27/h5-8,11-13H,3-4,9-10,27H2,1-2H3,(H,30,31)(H,32,33). The van der Waals surface area contributed by atoms with E-state index < -0.39 is 11.9 Å². The molecule has 0 fully saturated rings. The molecule has 2 aromatic heterocycles. The molecule has 0 aliphatic rings. The minimum absolute atomic E-state index is 0.205. The third-order valence-electron chi connectivity index (χ3n) is 6.41. The van der Waals surface area contributed by atoms with Crippen molar-refractivity contribution in [1.82, 2.24) is 9.13 Å². The van der Waals surface area contributed by atoms with Crippen molar-refractivity contribution in [2.24, 2.45) is 5.73 Å². The van der Waals surface area contributed by atoms with Gasteiger partial charge in [0.25, 0.3) is 0 Å². The minimum Gasteiger partial charge on any atom is -0.488 e. The molecule has 0 atom stereocenters. The van der Waals surface area contributed by atoms with Gasteiger partial charge in [-0.2, -0.15) is 0 Å². The first kappa shape index (κ1) is 21.8. The maximum atomic E-state index is 11.7. The number of aromatic carboxylic acids is 2. The summed E-state index contributed by atoms with van der Waals surface area (Å²) in [5.41, 5.74) is 9.76. The molecular weight excluding hydrogens is 434 g/mol. The average Bonchev–Trinajstić information content (AvgIpc) is 3.33. The molecule has 0 spiro atoms. The van der Waals surface area contributed by atoms with Gasteiger partial charge in [-0.25, -0.2) is 9.59 Å². The summed E-state index contributed by atoms with van der Waals surface area (Å²) in [6.07, 6.45) is 0. The predicted molar refractivity (Wildman–Crippen MR) is 132 cm³/mol. The van der Waals surface area contributed by atoms with Gasteiger partial charge in [-0.05, 0) is 56.3 Å². The van der Waals surface area contributed by atoms with E-state index in [4.69, 9.17) is 10.5 Å². The van der Waals surface area contributed by atoms with Gasteiger partial charge in [-0.3, -0.25) is 0 Å². The van der Waals surface area contributed by atoms with Gasteiger partial charge in [-0.1, -0.05) is 0 Å². The van der Waals surface area contributed by atoms with Crippen molar-refractivity contribution in [2.75, 3.05) is 13.2 Å². The summed E-state index contributed by atoms with van der Waals surface area (Å²) in [5, 5.41) is 22.5. The minimum atomic E-state index is -0.992. The zero-order valence-corrected chi connectivity index (χ0v) is 19.0. The zero-order chi connectivity index (χ0) is 24.1.